The molecular weight excluding hydrogens is 194 g/mol. The van der Waals surface area contributed by atoms with Crippen LogP contribution in [0.3, 0.4) is 0 Å². The zero-order chi connectivity index (χ0) is 11.3. The number of nitrogens with one attached hydrogen (secondary N) is 1. The molecule has 0 spiro atoms. The van der Waals surface area contributed by atoms with Gasteiger partial charge in [-0.25, -0.2) is 0 Å². The van der Waals surface area contributed by atoms with Crippen molar-refractivity contribution >= 4 is 11.7 Å². The monoisotopic (exact) mass is 211 g/mol. The van der Waals surface area contributed by atoms with Crippen molar-refractivity contribution in [2.75, 3.05) is 11.9 Å². The lowest BCUT2D eigenvalue weighted by Crippen LogP contribution is -2.21. The third-order valence-electron chi connectivity index (χ3n) is 2.17. The van der Waals surface area contributed by atoms with Gasteiger partial charge < -0.3 is 15.6 Å². The lowest BCUT2D eigenvalue weighted by atomic mass is 10.1. The van der Waals surface area contributed by atoms with Gasteiger partial charge in [0.25, 0.3) is 0 Å². The molecule has 0 aliphatic carbocycles. The van der Waals surface area contributed by atoms with Crippen LogP contribution in [0.25, 0.3) is 0 Å². The van der Waals surface area contributed by atoms with Crippen LogP contribution in [0.15, 0.2) is 10.6 Å². The van der Waals surface area contributed by atoms with Gasteiger partial charge in [-0.15, -0.1) is 0 Å². The van der Waals surface area contributed by atoms with E-state index < -0.39 is 0 Å². The van der Waals surface area contributed by atoms with Gasteiger partial charge in [0.1, 0.15) is 5.76 Å². The summed E-state index contributed by atoms with van der Waals surface area (Å²) in [5.74, 6) is 1.05. The number of anilines is 1. The highest BCUT2D eigenvalue weighted by Gasteiger charge is 2.13. The molecule has 15 heavy (non-hydrogen) atoms. The maximum absolute atomic E-state index is 11.6. The summed E-state index contributed by atoms with van der Waals surface area (Å²) in [6.07, 6.45) is 1.64. The summed E-state index contributed by atoms with van der Waals surface area (Å²) in [5.41, 5.74) is 5.37. The number of carbonyl (C=O) groups excluding carboxylic acids is 1. The van der Waals surface area contributed by atoms with E-state index in [-0.39, 0.29) is 11.8 Å². The highest BCUT2D eigenvalue weighted by atomic mass is 16.5. The van der Waals surface area contributed by atoms with Crippen LogP contribution in [-0.4, -0.2) is 17.6 Å². The van der Waals surface area contributed by atoms with Gasteiger partial charge in [0.2, 0.25) is 5.91 Å². The zero-order valence-electron chi connectivity index (χ0n) is 9.12. The summed E-state index contributed by atoms with van der Waals surface area (Å²) < 4.78 is 4.84. The van der Waals surface area contributed by atoms with E-state index in [0.717, 1.165) is 12.8 Å². The second-order valence-electron chi connectivity index (χ2n) is 3.64. The molecule has 1 aromatic heterocycles. The Labute approximate surface area is 89.0 Å². The number of rotatable bonds is 5. The largest absolute Gasteiger partial charge is 0.360 e. The van der Waals surface area contributed by atoms with Crippen LogP contribution in [0.1, 0.15) is 25.5 Å². The molecular formula is C10H17N3O2. The Morgan fingerprint density at radius 2 is 2.47 bits per heavy atom. The van der Waals surface area contributed by atoms with Crippen molar-refractivity contribution in [1.82, 2.24) is 5.16 Å². The Morgan fingerprint density at radius 3 is 3.00 bits per heavy atom. The molecule has 0 aromatic carbocycles. The minimum Gasteiger partial charge on any atom is -0.360 e. The molecule has 0 aliphatic rings. The van der Waals surface area contributed by atoms with E-state index in [9.17, 15) is 4.79 Å². The van der Waals surface area contributed by atoms with Crippen molar-refractivity contribution in [3.63, 3.8) is 0 Å². The molecule has 0 fully saturated rings. The first-order valence-electron chi connectivity index (χ1n) is 5.07. The molecule has 1 unspecified atom stereocenters. The molecule has 5 nitrogen and oxygen atoms in total. The summed E-state index contributed by atoms with van der Waals surface area (Å²) in [6.45, 7) is 4.26. The minimum absolute atomic E-state index is 0.0447. The molecule has 1 heterocycles. The molecule has 1 rings (SSSR count). The molecule has 1 aromatic rings. The van der Waals surface area contributed by atoms with Crippen LogP contribution in [-0.2, 0) is 4.79 Å². The summed E-state index contributed by atoms with van der Waals surface area (Å²) in [5, 5.41) is 6.37. The Hall–Kier alpha value is -1.36. The van der Waals surface area contributed by atoms with E-state index in [1.807, 2.05) is 6.92 Å². The average molecular weight is 211 g/mol. The Bertz CT molecular complexity index is 322. The quantitative estimate of drug-likeness (QED) is 0.769. The molecule has 0 aliphatic heterocycles. The van der Waals surface area contributed by atoms with Crippen LogP contribution in [0, 0.1) is 12.8 Å². The van der Waals surface area contributed by atoms with Crippen molar-refractivity contribution in [2.24, 2.45) is 11.7 Å². The van der Waals surface area contributed by atoms with Crippen LogP contribution in [0.2, 0.25) is 0 Å². The van der Waals surface area contributed by atoms with Crippen molar-refractivity contribution in [2.45, 2.75) is 26.7 Å². The van der Waals surface area contributed by atoms with Gasteiger partial charge in [-0.2, -0.15) is 0 Å². The number of nitrogens with zero attached hydrogens (tertiary/aromatic N) is 1. The summed E-state index contributed by atoms with van der Waals surface area (Å²) in [7, 11) is 0. The number of aromatic nitrogens is 1. The van der Waals surface area contributed by atoms with Gasteiger partial charge in [-0.3, -0.25) is 4.79 Å². The molecule has 0 radical (unpaired) electrons. The second kappa shape index (κ2) is 5.50. The first-order valence-corrected chi connectivity index (χ1v) is 5.07. The summed E-state index contributed by atoms with van der Waals surface area (Å²) in [6, 6.07) is 1.69. The molecule has 0 bridgehead atoms. The SMILES string of the molecule is Cc1cc(NC(=O)C(C)CCCN)no1. The lowest BCUT2D eigenvalue weighted by Gasteiger charge is -2.08. The highest BCUT2D eigenvalue weighted by Crippen LogP contribution is 2.11. The Kier molecular flexibility index (Phi) is 4.30. The second-order valence-corrected chi connectivity index (χ2v) is 3.64. The number of amides is 1. The van der Waals surface area contributed by atoms with E-state index in [1.165, 1.54) is 0 Å². The normalized spacial score (nSPS) is 12.5. The Balaban J connectivity index is 2.41. The van der Waals surface area contributed by atoms with Crippen LogP contribution < -0.4 is 11.1 Å². The number of aryl methyl sites for hydroxylation is 1. The van der Waals surface area contributed by atoms with Gasteiger partial charge >= 0.3 is 0 Å². The van der Waals surface area contributed by atoms with Crippen molar-refractivity contribution in [3.8, 4) is 0 Å². The molecule has 5 heteroatoms. The highest BCUT2D eigenvalue weighted by molar-refractivity contribution is 5.91. The van der Waals surface area contributed by atoms with E-state index >= 15 is 0 Å². The fourth-order valence-corrected chi connectivity index (χ4v) is 1.23. The molecule has 1 amide bonds. The molecule has 3 N–H and O–H groups in total. The predicted octanol–water partition coefficient (Wildman–Crippen LogP) is 1.30. The lowest BCUT2D eigenvalue weighted by molar-refractivity contribution is -0.119. The third kappa shape index (κ3) is 3.71. The smallest absolute Gasteiger partial charge is 0.228 e. The minimum atomic E-state index is -0.0504. The zero-order valence-corrected chi connectivity index (χ0v) is 9.12. The maximum atomic E-state index is 11.6. The standard InChI is InChI=1S/C10H17N3O2/c1-7(4-3-5-11)10(14)12-9-6-8(2)15-13-9/h6-7H,3-5,11H2,1-2H3,(H,12,13,14). The number of hydrogen-bond acceptors (Lipinski definition) is 4. The maximum Gasteiger partial charge on any atom is 0.228 e. The molecule has 0 saturated heterocycles. The Morgan fingerprint density at radius 1 is 1.73 bits per heavy atom. The van der Waals surface area contributed by atoms with Crippen molar-refractivity contribution < 1.29 is 9.32 Å². The summed E-state index contributed by atoms with van der Waals surface area (Å²) >= 11 is 0. The fraction of sp³-hybridized carbons (Fsp3) is 0.600. The van der Waals surface area contributed by atoms with Gasteiger partial charge in [0.05, 0.1) is 0 Å². The van der Waals surface area contributed by atoms with E-state index in [0.29, 0.717) is 18.1 Å². The van der Waals surface area contributed by atoms with Gasteiger partial charge in [0, 0.05) is 12.0 Å². The topological polar surface area (TPSA) is 81.2 Å². The number of hydrogen-bond donors (Lipinski definition) is 2. The van der Waals surface area contributed by atoms with E-state index in [1.54, 1.807) is 13.0 Å². The van der Waals surface area contributed by atoms with Gasteiger partial charge in [0.15, 0.2) is 5.82 Å². The van der Waals surface area contributed by atoms with E-state index in [4.69, 9.17) is 10.3 Å². The first kappa shape index (κ1) is 11.7. The molecule has 0 saturated carbocycles. The molecule has 1 atom stereocenters. The van der Waals surface area contributed by atoms with E-state index in [2.05, 4.69) is 10.5 Å². The fourth-order valence-electron chi connectivity index (χ4n) is 1.23. The van der Waals surface area contributed by atoms with Crippen LogP contribution >= 0.6 is 0 Å². The molecule has 84 valence electrons. The third-order valence-corrected chi connectivity index (χ3v) is 2.17. The van der Waals surface area contributed by atoms with Crippen molar-refractivity contribution in [3.05, 3.63) is 11.8 Å². The predicted molar refractivity (Wildman–Crippen MR) is 57.3 cm³/mol. The van der Waals surface area contributed by atoms with Crippen LogP contribution in [0.4, 0.5) is 5.82 Å². The van der Waals surface area contributed by atoms with Gasteiger partial charge in [-0.1, -0.05) is 12.1 Å². The van der Waals surface area contributed by atoms with Gasteiger partial charge in [-0.05, 0) is 26.3 Å². The summed E-state index contributed by atoms with van der Waals surface area (Å²) in [4.78, 5) is 11.6. The average Bonchev–Trinajstić information content (AvgIpc) is 2.60. The number of carbonyl (C=O) groups is 1. The van der Waals surface area contributed by atoms with Crippen LogP contribution in [0.5, 0.6) is 0 Å². The number of nitrogens with two attached hydrogens (primary N) is 1. The van der Waals surface area contributed by atoms with Crippen molar-refractivity contribution in [1.29, 1.82) is 0 Å². The first-order chi connectivity index (χ1) is 7.13.